The van der Waals surface area contributed by atoms with Crippen LogP contribution in [0.1, 0.15) is 26.3 Å². The summed E-state index contributed by atoms with van der Waals surface area (Å²) in [6.45, 7) is 5.67. The first-order chi connectivity index (χ1) is 16.5. The van der Waals surface area contributed by atoms with Gasteiger partial charge >= 0.3 is 0 Å². The molecule has 2 rings (SSSR count). The Labute approximate surface area is 208 Å². The van der Waals surface area contributed by atoms with Crippen LogP contribution in [0, 0.1) is 5.92 Å². The van der Waals surface area contributed by atoms with Crippen LogP contribution in [-0.2, 0) is 26.2 Å². The number of benzene rings is 2. The fourth-order valence-corrected chi connectivity index (χ4v) is 4.25. The number of sulfonamides is 1. The number of nitrogens with zero attached hydrogens (tertiary/aromatic N) is 2. The van der Waals surface area contributed by atoms with Crippen molar-refractivity contribution < 1.29 is 27.5 Å². The molecule has 0 aromatic heterocycles. The average molecular weight is 506 g/mol. The first-order valence-corrected chi connectivity index (χ1v) is 13.1. The molecule has 10 heteroatoms. The molecule has 9 nitrogen and oxygen atoms in total. The molecule has 0 saturated carbocycles. The molecule has 35 heavy (non-hydrogen) atoms. The SMILES string of the molecule is COc1ccc(CN(C(=O)CN(c2ccccc2OC)S(C)(=O)=O)[C@H](C)C(=O)NCC(C)C)cc1. The van der Waals surface area contributed by atoms with E-state index in [2.05, 4.69) is 5.32 Å². The van der Waals surface area contributed by atoms with E-state index in [0.29, 0.717) is 18.0 Å². The van der Waals surface area contributed by atoms with Crippen LogP contribution >= 0.6 is 0 Å². The average Bonchev–Trinajstić information content (AvgIpc) is 2.83. The number of nitrogens with one attached hydrogen (secondary N) is 1. The van der Waals surface area contributed by atoms with E-state index in [1.54, 1.807) is 62.6 Å². The summed E-state index contributed by atoms with van der Waals surface area (Å²) >= 11 is 0. The molecule has 192 valence electrons. The van der Waals surface area contributed by atoms with Gasteiger partial charge in [-0.15, -0.1) is 0 Å². The summed E-state index contributed by atoms with van der Waals surface area (Å²) in [7, 11) is -0.852. The molecular weight excluding hydrogens is 470 g/mol. The normalized spacial score (nSPS) is 12.1. The third-order valence-electron chi connectivity index (χ3n) is 5.40. The van der Waals surface area contributed by atoms with Crippen molar-refractivity contribution in [2.75, 3.05) is 37.9 Å². The standard InChI is InChI=1S/C25H35N3O6S/c1-18(2)15-26-25(30)19(3)27(16-20-11-13-21(33-4)14-12-20)24(29)17-28(35(6,31)32)22-9-7-8-10-23(22)34-5/h7-14,18-19H,15-17H2,1-6H3,(H,26,30)/t19-/m1/s1. The molecule has 0 saturated heterocycles. The van der Waals surface area contributed by atoms with Crippen LogP contribution in [0.15, 0.2) is 48.5 Å². The predicted molar refractivity (Wildman–Crippen MR) is 136 cm³/mol. The van der Waals surface area contributed by atoms with Crippen molar-refractivity contribution >= 4 is 27.5 Å². The lowest BCUT2D eigenvalue weighted by atomic mass is 10.1. The Bertz CT molecular complexity index is 1100. The molecule has 0 bridgehead atoms. The molecule has 0 fully saturated rings. The van der Waals surface area contributed by atoms with Gasteiger partial charge < -0.3 is 19.7 Å². The van der Waals surface area contributed by atoms with E-state index in [4.69, 9.17) is 9.47 Å². The number of ether oxygens (including phenoxy) is 2. The van der Waals surface area contributed by atoms with Gasteiger partial charge in [-0.3, -0.25) is 13.9 Å². The molecule has 1 atom stereocenters. The Morgan fingerprint density at radius 2 is 1.60 bits per heavy atom. The van der Waals surface area contributed by atoms with Gasteiger partial charge in [0, 0.05) is 13.1 Å². The van der Waals surface area contributed by atoms with Gasteiger partial charge in [-0.25, -0.2) is 8.42 Å². The van der Waals surface area contributed by atoms with Gasteiger partial charge in [0.25, 0.3) is 0 Å². The minimum absolute atomic E-state index is 0.114. The second-order valence-electron chi connectivity index (χ2n) is 8.63. The summed E-state index contributed by atoms with van der Waals surface area (Å²) < 4.78 is 36.8. The number of rotatable bonds is 12. The zero-order chi connectivity index (χ0) is 26.2. The minimum Gasteiger partial charge on any atom is -0.497 e. The summed E-state index contributed by atoms with van der Waals surface area (Å²) in [4.78, 5) is 27.8. The Kier molecular flexibility index (Phi) is 9.94. The molecule has 2 aromatic carbocycles. The quantitative estimate of drug-likeness (QED) is 0.476. The van der Waals surface area contributed by atoms with Crippen LogP contribution in [-0.4, -0.2) is 64.7 Å². The monoisotopic (exact) mass is 505 g/mol. The maximum Gasteiger partial charge on any atom is 0.244 e. The van der Waals surface area contributed by atoms with Gasteiger partial charge in [-0.2, -0.15) is 0 Å². The number of carbonyl (C=O) groups excluding carboxylic acids is 2. The van der Waals surface area contributed by atoms with E-state index in [1.165, 1.54) is 12.0 Å². The summed E-state index contributed by atoms with van der Waals surface area (Å²) in [6.07, 6.45) is 1.03. The second-order valence-corrected chi connectivity index (χ2v) is 10.5. The zero-order valence-corrected chi connectivity index (χ0v) is 22.0. The Morgan fingerprint density at radius 1 is 0.971 bits per heavy atom. The van der Waals surface area contributed by atoms with Crippen LogP contribution in [0.3, 0.4) is 0 Å². The molecule has 2 amide bonds. The van der Waals surface area contributed by atoms with Gasteiger partial charge in [0.1, 0.15) is 24.1 Å². The highest BCUT2D eigenvalue weighted by Gasteiger charge is 2.31. The molecule has 0 spiro atoms. The molecule has 0 aliphatic heterocycles. The van der Waals surface area contributed by atoms with Gasteiger partial charge in [0.2, 0.25) is 21.8 Å². The van der Waals surface area contributed by atoms with Crippen molar-refractivity contribution in [3.63, 3.8) is 0 Å². The van der Waals surface area contributed by atoms with E-state index in [0.717, 1.165) is 16.1 Å². The van der Waals surface area contributed by atoms with Crippen molar-refractivity contribution in [2.24, 2.45) is 5.92 Å². The minimum atomic E-state index is -3.84. The summed E-state index contributed by atoms with van der Waals surface area (Å²) in [5, 5.41) is 2.85. The Balaban J connectivity index is 2.39. The molecular formula is C25H35N3O6S. The highest BCUT2D eigenvalue weighted by molar-refractivity contribution is 7.92. The van der Waals surface area contributed by atoms with Gasteiger partial charge in [0.05, 0.1) is 26.2 Å². The third kappa shape index (κ3) is 7.88. The second kappa shape index (κ2) is 12.4. The summed E-state index contributed by atoms with van der Waals surface area (Å²) in [5.41, 5.74) is 1.01. The smallest absolute Gasteiger partial charge is 0.244 e. The first-order valence-electron chi connectivity index (χ1n) is 11.3. The molecule has 0 aliphatic rings. The van der Waals surface area contributed by atoms with Crippen molar-refractivity contribution in [3.05, 3.63) is 54.1 Å². The lowest BCUT2D eigenvalue weighted by Gasteiger charge is -2.32. The Hall–Kier alpha value is -3.27. The van der Waals surface area contributed by atoms with Crippen molar-refractivity contribution in [1.29, 1.82) is 0 Å². The predicted octanol–water partition coefficient (Wildman–Crippen LogP) is 2.66. The van der Waals surface area contributed by atoms with Crippen molar-refractivity contribution in [1.82, 2.24) is 10.2 Å². The fraction of sp³-hybridized carbons (Fsp3) is 0.440. The van der Waals surface area contributed by atoms with Gasteiger partial charge in [-0.05, 0) is 42.7 Å². The number of carbonyl (C=O) groups is 2. The lowest BCUT2D eigenvalue weighted by Crippen LogP contribution is -2.51. The van der Waals surface area contributed by atoms with E-state index in [-0.39, 0.29) is 24.1 Å². The van der Waals surface area contributed by atoms with Crippen LogP contribution < -0.4 is 19.1 Å². The van der Waals surface area contributed by atoms with Crippen molar-refractivity contribution in [2.45, 2.75) is 33.4 Å². The number of hydrogen-bond donors (Lipinski definition) is 1. The number of para-hydroxylation sites is 2. The van der Waals surface area contributed by atoms with E-state index in [9.17, 15) is 18.0 Å². The molecule has 0 heterocycles. The molecule has 0 unspecified atom stereocenters. The molecule has 2 aromatic rings. The number of amides is 2. The molecule has 1 N–H and O–H groups in total. The highest BCUT2D eigenvalue weighted by Crippen LogP contribution is 2.29. The zero-order valence-electron chi connectivity index (χ0n) is 21.1. The van der Waals surface area contributed by atoms with E-state index >= 15 is 0 Å². The van der Waals surface area contributed by atoms with Crippen molar-refractivity contribution in [3.8, 4) is 11.5 Å². The lowest BCUT2D eigenvalue weighted by molar-refractivity contribution is -0.139. The van der Waals surface area contributed by atoms with E-state index in [1.807, 2.05) is 13.8 Å². The first kappa shape index (κ1) is 28.0. The van der Waals surface area contributed by atoms with E-state index < -0.39 is 28.5 Å². The maximum atomic E-state index is 13.6. The summed E-state index contributed by atoms with van der Waals surface area (Å²) in [5.74, 6) is 0.375. The fourth-order valence-electron chi connectivity index (χ4n) is 3.39. The van der Waals surface area contributed by atoms with Gasteiger partial charge in [-0.1, -0.05) is 38.1 Å². The number of hydrogen-bond acceptors (Lipinski definition) is 6. The van der Waals surface area contributed by atoms with Crippen LogP contribution in [0.4, 0.5) is 5.69 Å². The maximum absolute atomic E-state index is 13.6. The third-order valence-corrected chi connectivity index (χ3v) is 6.52. The summed E-state index contributed by atoms with van der Waals surface area (Å²) in [6, 6.07) is 12.9. The molecule has 0 aliphatic carbocycles. The van der Waals surface area contributed by atoms with Crippen LogP contribution in [0.2, 0.25) is 0 Å². The number of anilines is 1. The Morgan fingerprint density at radius 3 is 2.14 bits per heavy atom. The topological polar surface area (TPSA) is 105 Å². The number of methoxy groups -OCH3 is 2. The largest absolute Gasteiger partial charge is 0.497 e. The van der Waals surface area contributed by atoms with Crippen LogP contribution in [0.5, 0.6) is 11.5 Å². The van der Waals surface area contributed by atoms with Crippen LogP contribution in [0.25, 0.3) is 0 Å². The highest BCUT2D eigenvalue weighted by atomic mass is 32.2. The van der Waals surface area contributed by atoms with Gasteiger partial charge in [0.15, 0.2) is 0 Å². The molecule has 0 radical (unpaired) electrons.